The van der Waals surface area contributed by atoms with E-state index < -0.39 is 23.9 Å². The number of benzene rings is 2. The molecule has 0 bridgehead atoms. The highest BCUT2D eigenvalue weighted by atomic mass is 35.5. The number of rotatable bonds is 3. The van der Waals surface area contributed by atoms with Crippen LogP contribution in [0.2, 0.25) is 5.02 Å². The minimum atomic E-state index is -0.870. The minimum absolute atomic E-state index is 0.289. The SMILES string of the molecule is O=C1c2ccccc2C(=O)N1[C@@H]1C(=O)N(c2ccc(Cl)cc2)[C@H]1[C]1[CH][CH][CH][CH]1. The van der Waals surface area contributed by atoms with Crippen LogP contribution in [0.15, 0.2) is 48.5 Å². The van der Waals surface area contributed by atoms with Crippen LogP contribution in [0.3, 0.4) is 0 Å². The van der Waals surface area contributed by atoms with Gasteiger partial charge in [-0.25, -0.2) is 0 Å². The van der Waals surface area contributed by atoms with E-state index in [2.05, 4.69) is 0 Å². The Bertz CT molecular complexity index is 947. The first-order chi connectivity index (χ1) is 13.6. The number of β-lactam (4-membered cyclic amide) rings is 1. The molecule has 28 heavy (non-hydrogen) atoms. The molecule has 2 atom stereocenters. The van der Waals surface area contributed by atoms with Crippen LogP contribution in [0.4, 0.5) is 5.69 Å². The zero-order valence-corrected chi connectivity index (χ0v) is 15.3. The Morgan fingerprint density at radius 2 is 1.29 bits per heavy atom. The Morgan fingerprint density at radius 3 is 1.86 bits per heavy atom. The molecule has 2 aromatic rings. The van der Waals surface area contributed by atoms with Gasteiger partial charge in [0.25, 0.3) is 17.7 Å². The summed E-state index contributed by atoms with van der Waals surface area (Å²) in [5, 5.41) is 0.568. The van der Waals surface area contributed by atoms with Crippen LogP contribution >= 0.6 is 11.6 Å². The molecule has 2 aromatic carbocycles. The van der Waals surface area contributed by atoms with E-state index in [-0.39, 0.29) is 5.91 Å². The molecule has 5 nitrogen and oxygen atoms in total. The zero-order valence-electron chi connectivity index (χ0n) is 14.6. The van der Waals surface area contributed by atoms with Crippen molar-refractivity contribution in [2.45, 2.75) is 12.1 Å². The molecule has 5 rings (SSSR count). The number of carbonyl (C=O) groups excluding carboxylic acids is 3. The molecule has 1 saturated heterocycles. The van der Waals surface area contributed by atoms with Crippen molar-refractivity contribution in [2.24, 2.45) is 0 Å². The Kier molecular flexibility index (Phi) is 4.02. The third kappa shape index (κ3) is 2.42. The van der Waals surface area contributed by atoms with E-state index in [0.29, 0.717) is 21.8 Å². The highest BCUT2D eigenvalue weighted by molar-refractivity contribution is 6.30. The third-order valence-electron chi connectivity index (χ3n) is 5.31. The molecule has 1 aliphatic carbocycles. The predicted molar refractivity (Wildman–Crippen MR) is 104 cm³/mol. The number of carbonyl (C=O) groups is 3. The van der Waals surface area contributed by atoms with Crippen LogP contribution in [-0.2, 0) is 4.79 Å². The van der Waals surface area contributed by atoms with E-state index in [4.69, 9.17) is 11.6 Å². The number of hydrogen-bond donors (Lipinski definition) is 0. The molecule has 0 unspecified atom stereocenters. The van der Waals surface area contributed by atoms with Gasteiger partial charge in [0.1, 0.15) is 6.04 Å². The monoisotopic (exact) mass is 389 g/mol. The molecule has 0 aromatic heterocycles. The third-order valence-corrected chi connectivity index (χ3v) is 5.56. The van der Waals surface area contributed by atoms with Crippen molar-refractivity contribution >= 4 is 35.0 Å². The summed E-state index contributed by atoms with van der Waals surface area (Å²) in [5.74, 6) is -0.267. The second-order valence-electron chi connectivity index (χ2n) is 6.82. The smallest absolute Gasteiger partial charge is 0.262 e. The van der Waals surface area contributed by atoms with Gasteiger partial charge in [-0.2, -0.15) is 0 Å². The summed E-state index contributed by atoms with van der Waals surface area (Å²) in [5.41, 5.74) is 1.35. The Hall–Kier alpha value is -2.66. The molecule has 3 amide bonds. The molecule has 6 heteroatoms. The van der Waals surface area contributed by atoms with Crippen LogP contribution < -0.4 is 4.90 Å². The average molecular weight is 390 g/mol. The average Bonchev–Trinajstić information content (AvgIpc) is 3.31. The van der Waals surface area contributed by atoms with E-state index in [9.17, 15) is 14.4 Å². The van der Waals surface area contributed by atoms with E-state index in [1.54, 1.807) is 53.4 Å². The summed E-state index contributed by atoms with van der Waals surface area (Å²) in [6.07, 6.45) is 7.53. The summed E-state index contributed by atoms with van der Waals surface area (Å²) < 4.78 is 0. The molecule has 137 valence electrons. The number of anilines is 1. The summed E-state index contributed by atoms with van der Waals surface area (Å²) in [7, 11) is 0. The largest absolute Gasteiger partial charge is 0.304 e. The van der Waals surface area contributed by atoms with Gasteiger partial charge < -0.3 is 4.90 Å². The van der Waals surface area contributed by atoms with Gasteiger partial charge in [0, 0.05) is 16.6 Å². The van der Waals surface area contributed by atoms with Gasteiger partial charge >= 0.3 is 0 Å². The van der Waals surface area contributed by atoms with E-state index in [1.807, 2.05) is 25.7 Å². The van der Waals surface area contributed by atoms with Crippen molar-refractivity contribution in [2.75, 3.05) is 4.90 Å². The summed E-state index contributed by atoms with van der Waals surface area (Å²) >= 11 is 5.97. The number of hydrogen-bond acceptors (Lipinski definition) is 3. The fourth-order valence-electron chi connectivity index (χ4n) is 3.99. The molecule has 2 fully saturated rings. The number of imide groups is 1. The topological polar surface area (TPSA) is 57.7 Å². The maximum Gasteiger partial charge on any atom is 0.262 e. The van der Waals surface area contributed by atoms with Crippen LogP contribution in [0.25, 0.3) is 0 Å². The molecule has 5 radical (unpaired) electrons. The number of amides is 3. The second-order valence-corrected chi connectivity index (χ2v) is 7.25. The first-order valence-electron chi connectivity index (χ1n) is 8.85. The zero-order chi connectivity index (χ0) is 19.4. The van der Waals surface area contributed by atoms with Crippen molar-refractivity contribution in [3.63, 3.8) is 0 Å². The van der Waals surface area contributed by atoms with Crippen molar-refractivity contribution in [3.05, 3.63) is 96.3 Å². The van der Waals surface area contributed by atoms with Crippen LogP contribution in [0.1, 0.15) is 20.7 Å². The van der Waals surface area contributed by atoms with E-state index in [0.717, 1.165) is 10.8 Å². The maximum atomic E-state index is 13.1. The number of nitrogens with zero attached hydrogens (tertiary/aromatic N) is 2. The molecular weight excluding hydrogens is 376 g/mol. The predicted octanol–water partition coefficient (Wildman–Crippen LogP) is 3.13. The first kappa shape index (κ1) is 17.4. The lowest BCUT2D eigenvalue weighted by Gasteiger charge is -2.51. The normalized spacial score (nSPS) is 24.7. The van der Waals surface area contributed by atoms with Crippen molar-refractivity contribution in [1.82, 2.24) is 4.90 Å². The molecule has 0 N–H and O–H groups in total. The summed E-state index contributed by atoms with van der Waals surface area (Å²) in [6.45, 7) is 0. The van der Waals surface area contributed by atoms with Gasteiger partial charge in [0.05, 0.1) is 17.2 Å². The van der Waals surface area contributed by atoms with Crippen LogP contribution in [-0.4, -0.2) is 34.7 Å². The molecular formula is C22H14ClN2O3. The van der Waals surface area contributed by atoms with Gasteiger partial charge in [-0.3, -0.25) is 19.3 Å². The van der Waals surface area contributed by atoms with Gasteiger partial charge in [-0.1, -0.05) is 23.7 Å². The first-order valence-corrected chi connectivity index (χ1v) is 9.23. The molecule has 2 heterocycles. The van der Waals surface area contributed by atoms with Crippen molar-refractivity contribution < 1.29 is 14.4 Å². The quantitative estimate of drug-likeness (QED) is 0.598. The summed E-state index contributed by atoms with van der Waals surface area (Å²) in [6, 6.07) is 12.3. The molecule has 1 saturated carbocycles. The van der Waals surface area contributed by atoms with Crippen molar-refractivity contribution in [3.8, 4) is 0 Å². The second kappa shape index (κ2) is 6.45. The van der Waals surface area contributed by atoms with Gasteiger partial charge in [-0.15, -0.1) is 0 Å². The Morgan fingerprint density at radius 1 is 0.714 bits per heavy atom. The number of halogens is 1. The highest BCUT2D eigenvalue weighted by Crippen LogP contribution is 2.43. The Labute approximate surface area is 167 Å². The fraction of sp³-hybridized carbons (Fsp3) is 0.0909. The highest BCUT2D eigenvalue weighted by Gasteiger charge is 2.59. The van der Waals surface area contributed by atoms with Crippen LogP contribution in [0, 0.1) is 31.6 Å². The molecule has 3 aliphatic rings. The molecule has 0 spiro atoms. The van der Waals surface area contributed by atoms with E-state index >= 15 is 0 Å². The Balaban J connectivity index is 1.52. The van der Waals surface area contributed by atoms with Crippen LogP contribution in [0.5, 0.6) is 0 Å². The molecule has 2 aliphatic heterocycles. The standard InChI is InChI=1S/C22H14ClN2O3/c23-14-9-11-15(12-10-14)24-18(13-5-1-2-6-13)19(22(24)28)25-20(26)16-7-3-4-8-17(16)21(25)27/h1-12,18-19H/t18-,19-/m0/s1. The van der Waals surface area contributed by atoms with E-state index in [1.165, 1.54) is 0 Å². The van der Waals surface area contributed by atoms with Crippen molar-refractivity contribution in [1.29, 1.82) is 0 Å². The maximum absolute atomic E-state index is 13.1. The van der Waals surface area contributed by atoms with Gasteiger partial charge in [0.2, 0.25) is 0 Å². The van der Waals surface area contributed by atoms with Gasteiger partial charge in [0.15, 0.2) is 0 Å². The lowest BCUT2D eigenvalue weighted by atomic mass is 9.81. The lowest BCUT2D eigenvalue weighted by molar-refractivity contribution is -0.129. The van der Waals surface area contributed by atoms with Gasteiger partial charge in [-0.05, 0) is 62.1 Å². The summed E-state index contributed by atoms with van der Waals surface area (Å²) in [4.78, 5) is 41.7. The lowest BCUT2D eigenvalue weighted by Crippen LogP contribution is -2.73. The number of fused-ring (bicyclic) bond motifs is 1. The fourth-order valence-corrected chi connectivity index (χ4v) is 4.12. The minimum Gasteiger partial charge on any atom is -0.304 e.